The van der Waals surface area contributed by atoms with E-state index >= 15 is 0 Å². The van der Waals surface area contributed by atoms with Gasteiger partial charge < -0.3 is 19.4 Å². The monoisotopic (exact) mass is 327 g/mol. The van der Waals surface area contributed by atoms with Gasteiger partial charge in [-0.1, -0.05) is 12.1 Å². The third-order valence-electron chi connectivity index (χ3n) is 3.55. The van der Waals surface area contributed by atoms with Gasteiger partial charge in [0.05, 0.1) is 18.4 Å². The molecule has 0 spiro atoms. The smallest absolute Gasteiger partial charge is 0.261 e. The molecule has 1 aliphatic rings. The molecule has 7 nitrogen and oxygen atoms in total. The molecular weight excluding hydrogens is 310 g/mol. The number of hydrogen-bond donors (Lipinski definition) is 4. The van der Waals surface area contributed by atoms with E-state index in [1.165, 1.54) is 11.4 Å². The summed E-state index contributed by atoms with van der Waals surface area (Å²) in [5.41, 5.74) is 0.458. The Morgan fingerprint density at radius 2 is 1.91 bits per heavy atom. The van der Waals surface area contributed by atoms with Crippen LogP contribution in [-0.2, 0) is 0 Å². The van der Waals surface area contributed by atoms with Crippen LogP contribution in [0.15, 0.2) is 28.7 Å². The number of hydrogen-bond acceptors (Lipinski definition) is 7. The highest BCUT2D eigenvalue weighted by Gasteiger charge is 2.36. The first kappa shape index (κ1) is 14.9. The van der Waals surface area contributed by atoms with Crippen LogP contribution in [0.25, 0.3) is 11.3 Å². The third kappa shape index (κ3) is 2.25. The lowest BCUT2D eigenvalue weighted by molar-refractivity contribution is 0.406. The van der Waals surface area contributed by atoms with Crippen molar-refractivity contribution in [2.45, 2.75) is 6.42 Å². The van der Waals surface area contributed by atoms with E-state index in [4.69, 9.17) is 9.15 Å². The number of aromatic hydroxyl groups is 2. The molecule has 2 aromatic rings. The average molecular weight is 327 g/mol. The molecule has 1 fully saturated rings. The van der Waals surface area contributed by atoms with Gasteiger partial charge in [-0.2, -0.15) is 0 Å². The number of furan rings is 1. The van der Waals surface area contributed by atoms with Gasteiger partial charge in [-0.15, -0.1) is 10.8 Å². The number of ether oxygens (including phenoxy) is 1. The van der Waals surface area contributed by atoms with Gasteiger partial charge in [-0.3, -0.25) is 9.11 Å². The molecule has 1 saturated heterocycles. The maximum absolute atomic E-state index is 10.1. The first-order chi connectivity index (χ1) is 10.5. The van der Waals surface area contributed by atoms with Gasteiger partial charge in [-0.25, -0.2) is 4.31 Å². The summed E-state index contributed by atoms with van der Waals surface area (Å²) in [5, 5.41) is 20.2. The number of anilines is 1. The number of para-hydroxylation sites is 1. The van der Waals surface area contributed by atoms with Crippen LogP contribution in [0.4, 0.5) is 5.88 Å². The van der Waals surface area contributed by atoms with E-state index in [2.05, 4.69) is 0 Å². The predicted molar refractivity (Wildman–Crippen MR) is 83.7 cm³/mol. The molecule has 1 aliphatic heterocycles. The van der Waals surface area contributed by atoms with Crippen molar-refractivity contribution in [1.82, 2.24) is 0 Å². The summed E-state index contributed by atoms with van der Waals surface area (Å²) in [6, 6.07) is 6.86. The van der Waals surface area contributed by atoms with E-state index in [1.807, 2.05) is 0 Å². The van der Waals surface area contributed by atoms with Gasteiger partial charge in [0.2, 0.25) is 11.5 Å². The molecule has 2 heterocycles. The first-order valence-corrected chi connectivity index (χ1v) is 8.34. The fraction of sp³-hybridized carbons (Fsp3) is 0.286. The second kappa shape index (κ2) is 5.31. The normalized spacial score (nSPS) is 18.4. The van der Waals surface area contributed by atoms with Crippen molar-refractivity contribution in [3.63, 3.8) is 0 Å². The molecule has 0 radical (unpaired) electrons. The molecule has 1 aromatic carbocycles. The van der Waals surface area contributed by atoms with E-state index in [0.29, 0.717) is 24.3 Å². The zero-order valence-corrected chi connectivity index (χ0v) is 12.7. The van der Waals surface area contributed by atoms with Gasteiger partial charge >= 0.3 is 0 Å². The Kier molecular flexibility index (Phi) is 3.59. The molecule has 0 saturated carbocycles. The standard InChI is InChI=1S/C14H17NO6S/c1-20-10-6-3-2-5-9(10)13-11(16)12(17)14(21-13)15-7-4-8-22(15,18)19/h2-3,5-6,16-19H,4,7-8H2,1H3. The first-order valence-electron chi connectivity index (χ1n) is 6.67. The summed E-state index contributed by atoms with van der Waals surface area (Å²) >= 11 is 0. The van der Waals surface area contributed by atoms with Gasteiger partial charge in [0, 0.05) is 6.54 Å². The highest BCUT2D eigenvalue weighted by atomic mass is 32.3. The molecule has 8 heteroatoms. The largest absolute Gasteiger partial charge is 0.502 e. The molecular formula is C14H17NO6S. The second-order valence-electron chi connectivity index (χ2n) is 4.93. The Morgan fingerprint density at radius 3 is 2.55 bits per heavy atom. The van der Waals surface area contributed by atoms with Crippen LogP contribution in [0.5, 0.6) is 17.2 Å². The van der Waals surface area contributed by atoms with Crippen molar-refractivity contribution in [3.05, 3.63) is 24.3 Å². The maximum Gasteiger partial charge on any atom is 0.261 e. The summed E-state index contributed by atoms with van der Waals surface area (Å²) in [6.07, 6.45) is 0.563. The molecule has 0 bridgehead atoms. The zero-order valence-electron chi connectivity index (χ0n) is 11.9. The van der Waals surface area contributed by atoms with E-state index in [1.54, 1.807) is 24.3 Å². The van der Waals surface area contributed by atoms with E-state index < -0.39 is 22.3 Å². The Labute approximate surface area is 128 Å². The van der Waals surface area contributed by atoms with Crippen molar-refractivity contribution in [3.8, 4) is 28.6 Å². The molecule has 1 aromatic heterocycles. The average Bonchev–Trinajstić information content (AvgIpc) is 2.99. The minimum absolute atomic E-state index is 0.0204. The molecule has 3 rings (SSSR count). The summed E-state index contributed by atoms with van der Waals surface area (Å²) in [4.78, 5) is 0. The van der Waals surface area contributed by atoms with Gasteiger partial charge in [0.15, 0.2) is 5.76 Å². The Morgan fingerprint density at radius 1 is 1.18 bits per heavy atom. The van der Waals surface area contributed by atoms with E-state index in [-0.39, 0.29) is 17.4 Å². The molecule has 4 N–H and O–H groups in total. The van der Waals surface area contributed by atoms with Crippen molar-refractivity contribution in [2.75, 3.05) is 23.7 Å². The topological polar surface area (TPSA) is 107 Å². The highest BCUT2D eigenvalue weighted by Crippen LogP contribution is 2.57. The third-order valence-corrected chi connectivity index (χ3v) is 5.44. The minimum Gasteiger partial charge on any atom is -0.502 e. The summed E-state index contributed by atoms with van der Waals surface area (Å²) in [7, 11) is -1.54. The van der Waals surface area contributed by atoms with Gasteiger partial charge in [0.25, 0.3) is 5.88 Å². The number of rotatable bonds is 3. The lowest BCUT2D eigenvalue weighted by atomic mass is 10.1. The van der Waals surface area contributed by atoms with Gasteiger partial charge in [0.1, 0.15) is 5.75 Å². The lowest BCUT2D eigenvalue weighted by Gasteiger charge is -2.35. The van der Waals surface area contributed by atoms with Crippen LogP contribution in [0.3, 0.4) is 0 Å². The fourth-order valence-corrected chi connectivity index (χ4v) is 4.03. The Balaban J connectivity index is 2.10. The number of methoxy groups -OCH3 is 1. The SMILES string of the molecule is COc1ccccc1-c1oc(N2CCCS2(O)O)c(O)c1O. The molecule has 22 heavy (non-hydrogen) atoms. The Hall–Kier alpha value is -2.03. The lowest BCUT2D eigenvalue weighted by Crippen LogP contribution is -2.21. The van der Waals surface area contributed by atoms with Crippen molar-refractivity contribution in [1.29, 1.82) is 0 Å². The predicted octanol–water partition coefficient (Wildman–Crippen LogP) is 3.24. The van der Waals surface area contributed by atoms with Crippen LogP contribution in [0.1, 0.15) is 6.42 Å². The van der Waals surface area contributed by atoms with Crippen LogP contribution < -0.4 is 9.04 Å². The van der Waals surface area contributed by atoms with E-state index in [9.17, 15) is 19.3 Å². The van der Waals surface area contributed by atoms with Crippen LogP contribution >= 0.6 is 10.8 Å². The number of benzene rings is 1. The maximum atomic E-state index is 10.1. The molecule has 0 aliphatic carbocycles. The van der Waals surface area contributed by atoms with Crippen molar-refractivity contribution in [2.24, 2.45) is 0 Å². The number of nitrogens with zero attached hydrogens (tertiary/aromatic N) is 1. The minimum atomic E-state index is -3.03. The van der Waals surface area contributed by atoms with Crippen LogP contribution in [-0.4, -0.2) is 38.7 Å². The quantitative estimate of drug-likeness (QED) is 0.685. The van der Waals surface area contributed by atoms with Crippen molar-refractivity contribution < 1.29 is 28.5 Å². The van der Waals surface area contributed by atoms with Crippen molar-refractivity contribution >= 4 is 16.7 Å². The summed E-state index contributed by atoms with van der Waals surface area (Å²) in [5.74, 6) is -0.420. The summed E-state index contributed by atoms with van der Waals surface area (Å²) in [6.45, 7) is 0.328. The van der Waals surface area contributed by atoms with Crippen LogP contribution in [0, 0.1) is 0 Å². The molecule has 0 atom stereocenters. The van der Waals surface area contributed by atoms with Gasteiger partial charge in [-0.05, 0) is 18.6 Å². The highest BCUT2D eigenvalue weighted by molar-refractivity contribution is 8.25. The van der Waals surface area contributed by atoms with Crippen LogP contribution in [0.2, 0.25) is 0 Å². The second-order valence-corrected chi connectivity index (χ2v) is 7.04. The zero-order chi connectivity index (χ0) is 15.9. The molecule has 0 amide bonds. The summed E-state index contributed by atoms with van der Waals surface area (Å²) < 4.78 is 31.9. The Bertz CT molecular complexity index is 699. The molecule has 120 valence electrons. The van der Waals surface area contributed by atoms with E-state index in [0.717, 1.165) is 0 Å². The molecule has 0 unspecified atom stereocenters. The fourth-order valence-electron chi connectivity index (χ4n) is 2.48.